The van der Waals surface area contributed by atoms with Crippen molar-refractivity contribution in [1.29, 1.82) is 0 Å². The first-order chi connectivity index (χ1) is 12.4. The van der Waals surface area contributed by atoms with Crippen LogP contribution in [0.25, 0.3) is 6.08 Å². The minimum absolute atomic E-state index is 0.249. The van der Waals surface area contributed by atoms with Gasteiger partial charge in [-0.1, -0.05) is 30.3 Å². The molecule has 5 nitrogen and oxygen atoms in total. The Balaban J connectivity index is 1.90. The number of rotatable bonds is 2. The number of hydrogen-bond donors (Lipinski definition) is 1. The van der Waals surface area contributed by atoms with E-state index in [9.17, 15) is 9.90 Å². The lowest BCUT2D eigenvalue weighted by molar-refractivity contribution is 0.0207. The quantitative estimate of drug-likeness (QED) is 0.895. The molecule has 1 N–H and O–H groups in total. The van der Waals surface area contributed by atoms with Gasteiger partial charge in [-0.05, 0) is 31.6 Å². The number of methoxy groups -OCH3 is 1. The minimum Gasteiger partial charge on any atom is -0.496 e. The van der Waals surface area contributed by atoms with E-state index in [1.807, 2.05) is 56.3 Å². The van der Waals surface area contributed by atoms with Crippen LogP contribution in [0.4, 0.5) is 0 Å². The standard InChI is InChI=1S/C21H20O5/c1-21(2)10-9-13-14(26-21)11-15(24-3)16-17(22)18(23)19(25-20(13)16)12-7-5-4-6-8-12/h4-11,18-19,23H,1-3H3/t18-,19-/m1/s1. The summed E-state index contributed by atoms with van der Waals surface area (Å²) in [7, 11) is 1.48. The summed E-state index contributed by atoms with van der Waals surface area (Å²) >= 11 is 0. The van der Waals surface area contributed by atoms with Crippen molar-refractivity contribution in [2.24, 2.45) is 0 Å². The number of carbonyl (C=O) groups excluding carboxylic acids is 1. The normalized spacial score (nSPS) is 22.7. The third kappa shape index (κ3) is 2.56. The van der Waals surface area contributed by atoms with E-state index in [4.69, 9.17) is 14.2 Å². The molecule has 26 heavy (non-hydrogen) atoms. The van der Waals surface area contributed by atoms with Crippen molar-refractivity contribution < 1.29 is 24.1 Å². The highest BCUT2D eigenvalue weighted by Crippen LogP contribution is 2.48. The van der Waals surface area contributed by atoms with Crippen molar-refractivity contribution >= 4 is 11.9 Å². The van der Waals surface area contributed by atoms with E-state index in [-0.39, 0.29) is 5.56 Å². The summed E-state index contributed by atoms with van der Waals surface area (Å²) in [6.45, 7) is 3.89. The van der Waals surface area contributed by atoms with Gasteiger partial charge in [-0.2, -0.15) is 0 Å². The van der Waals surface area contributed by atoms with E-state index in [1.165, 1.54) is 7.11 Å². The Morgan fingerprint density at radius 2 is 1.92 bits per heavy atom. The van der Waals surface area contributed by atoms with Crippen molar-refractivity contribution in [3.63, 3.8) is 0 Å². The number of ether oxygens (including phenoxy) is 3. The molecule has 0 amide bonds. The number of ketones is 1. The van der Waals surface area contributed by atoms with Gasteiger partial charge in [0.2, 0.25) is 5.78 Å². The van der Waals surface area contributed by atoms with E-state index in [0.717, 1.165) is 5.56 Å². The minimum atomic E-state index is -1.30. The van der Waals surface area contributed by atoms with Crippen molar-refractivity contribution in [3.05, 3.63) is 59.2 Å². The van der Waals surface area contributed by atoms with Crippen LogP contribution in [0.5, 0.6) is 17.2 Å². The van der Waals surface area contributed by atoms with Crippen LogP contribution < -0.4 is 14.2 Å². The number of fused-ring (bicyclic) bond motifs is 3. The Hall–Kier alpha value is -2.79. The van der Waals surface area contributed by atoms with Crippen LogP contribution in [0, 0.1) is 0 Å². The number of aliphatic hydroxyl groups is 1. The van der Waals surface area contributed by atoms with Gasteiger partial charge in [-0.3, -0.25) is 4.79 Å². The molecule has 0 saturated heterocycles. The number of carbonyl (C=O) groups is 1. The predicted molar refractivity (Wildman–Crippen MR) is 96.9 cm³/mol. The van der Waals surface area contributed by atoms with Crippen molar-refractivity contribution in [1.82, 2.24) is 0 Å². The zero-order chi connectivity index (χ0) is 18.5. The molecule has 2 heterocycles. The molecule has 2 aliphatic rings. The monoisotopic (exact) mass is 352 g/mol. The summed E-state index contributed by atoms with van der Waals surface area (Å²) in [5.41, 5.74) is 1.19. The molecule has 2 aromatic rings. The van der Waals surface area contributed by atoms with E-state index < -0.39 is 23.6 Å². The summed E-state index contributed by atoms with van der Waals surface area (Å²) in [6.07, 6.45) is 1.72. The van der Waals surface area contributed by atoms with Crippen LogP contribution in [0.15, 0.2) is 42.5 Å². The number of aliphatic hydroxyl groups excluding tert-OH is 1. The first-order valence-electron chi connectivity index (χ1n) is 8.48. The lowest BCUT2D eigenvalue weighted by Gasteiger charge is -2.35. The van der Waals surface area contributed by atoms with Crippen molar-refractivity contribution in [3.8, 4) is 17.2 Å². The SMILES string of the molecule is COc1cc2c(c3c1C(=O)[C@@H](O)[C@@H](c1ccccc1)O3)C=CC(C)(C)O2. The molecule has 5 heteroatoms. The van der Waals surface area contributed by atoms with Crippen LogP contribution in [0.2, 0.25) is 0 Å². The molecule has 0 bridgehead atoms. The molecule has 134 valence electrons. The third-order valence-corrected chi connectivity index (χ3v) is 4.66. The summed E-state index contributed by atoms with van der Waals surface area (Å²) in [5, 5.41) is 10.6. The average molecular weight is 352 g/mol. The molecule has 0 aliphatic carbocycles. The predicted octanol–water partition coefficient (Wildman–Crippen LogP) is 3.56. The van der Waals surface area contributed by atoms with Crippen molar-refractivity contribution in [2.45, 2.75) is 31.7 Å². The van der Waals surface area contributed by atoms with E-state index in [1.54, 1.807) is 6.07 Å². The van der Waals surface area contributed by atoms with Gasteiger partial charge in [0.15, 0.2) is 12.2 Å². The molecule has 0 fully saturated rings. The maximum atomic E-state index is 12.9. The Bertz CT molecular complexity index is 898. The molecular weight excluding hydrogens is 332 g/mol. The second-order valence-electron chi connectivity index (χ2n) is 6.99. The fraction of sp³-hybridized carbons (Fsp3) is 0.286. The van der Waals surface area contributed by atoms with Crippen LogP contribution in [-0.4, -0.2) is 29.7 Å². The topological polar surface area (TPSA) is 65.0 Å². The summed E-state index contributed by atoms with van der Waals surface area (Å²) < 4.78 is 17.5. The van der Waals surface area contributed by atoms with E-state index in [0.29, 0.717) is 22.8 Å². The van der Waals surface area contributed by atoms with Gasteiger partial charge < -0.3 is 19.3 Å². The molecule has 2 atom stereocenters. The first-order valence-corrected chi connectivity index (χ1v) is 8.48. The number of hydrogen-bond acceptors (Lipinski definition) is 5. The summed E-state index contributed by atoms with van der Waals surface area (Å²) in [4.78, 5) is 12.9. The molecular formula is C21H20O5. The average Bonchev–Trinajstić information content (AvgIpc) is 2.63. The summed E-state index contributed by atoms with van der Waals surface area (Å²) in [6, 6.07) is 10.9. The Morgan fingerprint density at radius 1 is 1.19 bits per heavy atom. The van der Waals surface area contributed by atoms with E-state index in [2.05, 4.69) is 0 Å². The Labute approximate surface area is 151 Å². The van der Waals surface area contributed by atoms with Gasteiger partial charge >= 0.3 is 0 Å². The molecule has 2 aliphatic heterocycles. The Kier molecular flexibility index (Phi) is 3.77. The molecule has 0 spiro atoms. The highest BCUT2D eigenvalue weighted by Gasteiger charge is 2.41. The van der Waals surface area contributed by atoms with Gasteiger partial charge in [0.1, 0.15) is 28.4 Å². The maximum Gasteiger partial charge on any atom is 0.202 e. The number of Topliss-reactive ketones (excluding diaryl/α,β-unsaturated/α-hetero) is 1. The molecule has 0 saturated carbocycles. The second-order valence-corrected chi connectivity index (χ2v) is 6.99. The van der Waals surface area contributed by atoms with Crippen LogP contribution in [-0.2, 0) is 0 Å². The fourth-order valence-corrected chi connectivity index (χ4v) is 3.36. The van der Waals surface area contributed by atoms with Gasteiger partial charge in [0.05, 0.1) is 12.7 Å². The van der Waals surface area contributed by atoms with Crippen LogP contribution in [0.1, 0.15) is 41.4 Å². The van der Waals surface area contributed by atoms with Gasteiger partial charge in [0, 0.05) is 6.07 Å². The van der Waals surface area contributed by atoms with Gasteiger partial charge in [0.25, 0.3) is 0 Å². The molecule has 0 unspecified atom stereocenters. The highest BCUT2D eigenvalue weighted by atomic mass is 16.5. The fourth-order valence-electron chi connectivity index (χ4n) is 3.36. The lowest BCUT2D eigenvalue weighted by Crippen LogP contribution is -2.37. The van der Waals surface area contributed by atoms with E-state index >= 15 is 0 Å². The smallest absolute Gasteiger partial charge is 0.202 e. The summed E-state index contributed by atoms with van der Waals surface area (Å²) in [5.74, 6) is 0.887. The third-order valence-electron chi connectivity index (χ3n) is 4.66. The molecule has 2 aromatic carbocycles. The van der Waals surface area contributed by atoms with Crippen LogP contribution in [0.3, 0.4) is 0 Å². The maximum absolute atomic E-state index is 12.9. The zero-order valence-electron chi connectivity index (χ0n) is 14.9. The van der Waals surface area contributed by atoms with Gasteiger partial charge in [-0.15, -0.1) is 0 Å². The van der Waals surface area contributed by atoms with Crippen molar-refractivity contribution in [2.75, 3.05) is 7.11 Å². The first kappa shape index (κ1) is 16.7. The lowest BCUT2D eigenvalue weighted by atomic mass is 9.90. The number of benzene rings is 2. The highest BCUT2D eigenvalue weighted by molar-refractivity contribution is 6.07. The molecule has 4 rings (SSSR count). The molecule has 0 aromatic heterocycles. The molecule has 0 radical (unpaired) electrons. The zero-order valence-corrected chi connectivity index (χ0v) is 14.9. The van der Waals surface area contributed by atoms with Gasteiger partial charge in [-0.25, -0.2) is 0 Å². The Morgan fingerprint density at radius 3 is 2.62 bits per heavy atom. The largest absolute Gasteiger partial charge is 0.496 e. The van der Waals surface area contributed by atoms with Crippen LogP contribution >= 0.6 is 0 Å². The second kappa shape index (κ2) is 5.88.